The number of hydrogen-bond donors (Lipinski definition) is 1. The summed E-state index contributed by atoms with van der Waals surface area (Å²) in [5, 5.41) is 13.7. The van der Waals surface area contributed by atoms with E-state index in [-0.39, 0.29) is 24.5 Å². The molecule has 174 valence electrons. The summed E-state index contributed by atoms with van der Waals surface area (Å²) in [6, 6.07) is 25.4. The minimum atomic E-state index is -3.91. The summed E-state index contributed by atoms with van der Waals surface area (Å²) < 4.78 is 35.6. The highest BCUT2D eigenvalue weighted by molar-refractivity contribution is 7.89. The molecule has 8 heteroatoms. The SMILES string of the molecule is O=S(=O)(c1ccc(Cl)cc1)N(Cc1ccco1)C[C@H](O)Cn1c2ccccc2c2ccccc21. The van der Waals surface area contributed by atoms with Crippen LogP contribution < -0.4 is 0 Å². The Labute approximate surface area is 202 Å². The summed E-state index contributed by atoms with van der Waals surface area (Å²) >= 11 is 5.95. The Morgan fingerprint density at radius 1 is 0.882 bits per heavy atom. The van der Waals surface area contributed by atoms with Crippen molar-refractivity contribution in [3.63, 3.8) is 0 Å². The van der Waals surface area contributed by atoms with E-state index in [9.17, 15) is 13.5 Å². The molecule has 6 nitrogen and oxygen atoms in total. The number of fused-ring (bicyclic) bond motifs is 3. The van der Waals surface area contributed by atoms with Crippen LogP contribution in [0.5, 0.6) is 0 Å². The summed E-state index contributed by atoms with van der Waals surface area (Å²) in [7, 11) is -3.91. The molecule has 0 saturated carbocycles. The molecule has 0 saturated heterocycles. The molecule has 0 spiro atoms. The summed E-state index contributed by atoms with van der Waals surface area (Å²) in [5.41, 5.74) is 1.97. The molecule has 1 atom stereocenters. The summed E-state index contributed by atoms with van der Waals surface area (Å²) in [5.74, 6) is 0.488. The lowest BCUT2D eigenvalue weighted by Crippen LogP contribution is -2.38. The van der Waals surface area contributed by atoms with Crippen molar-refractivity contribution in [1.29, 1.82) is 0 Å². The Morgan fingerprint density at radius 2 is 1.50 bits per heavy atom. The van der Waals surface area contributed by atoms with Gasteiger partial charge in [0.15, 0.2) is 0 Å². The number of aromatic nitrogens is 1. The Morgan fingerprint density at radius 3 is 2.09 bits per heavy atom. The zero-order valence-corrected chi connectivity index (χ0v) is 19.8. The van der Waals surface area contributed by atoms with Crippen molar-refractivity contribution in [2.24, 2.45) is 0 Å². The lowest BCUT2D eigenvalue weighted by Gasteiger charge is -2.25. The molecule has 1 N–H and O–H groups in total. The number of para-hydroxylation sites is 2. The van der Waals surface area contributed by atoms with Crippen LogP contribution in [0, 0.1) is 0 Å². The van der Waals surface area contributed by atoms with E-state index in [4.69, 9.17) is 16.0 Å². The normalized spacial score (nSPS) is 13.1. The highest BCUT2D eigenvalue weighted by Gasteiger charge is 2.28. The lowest BCUT2D eigenvalue weighted by molar-refractivity contribution is 0.126. The highest BCUT2D eigenvalue weighted by atomic mass is 35.5. The summed E-state index contributed by atoms with van der Waals surface area (Å²) in [4.78, 5) is 0.104. The minimum absolute atomic E-state index is 0.00218. The van der Waals surface area contributed by atoms with Crippen LogP contribution >= 0.6 is 11.6 Å². The van der Waals surface area contributed by atoms with Crippen LogP contribution in [0.1, 0.15) is 5.76 Å². The topological polar surface area (TPSA) is 75.7 Å². The first-order valence-electron chi connectivity index (χ1n) is 10.9. The summed E-state index contributed by atoms with van der Waals surface area (Å²) in [6.07, 6.45) is 0.535. The number of furan rings is 1. The first-order valence-corrected chi connectivity index (χ1v) is 12.7. The number of halogens is 1. The highest BCUT2D eigenvalue weighted by Crippen LogP contribution is 2.29. The van der Waals surface area contributed by atoms with E-state index in [2.05, 4.69) is 12.1 Å². The Kier molecular flexibility index (Phi) is 6.18. The second-order valence-electron chi connectivity index (χ2n) is 8.13. The van der Waals surface area contributed by atoms with Gasteiger partial charge in [-0.2, -0.15) is 4.31 Å². The van der Waals surface area contributed by atoms with Crippen molar-refractivity contribution in [2.45, 2.75) is 24.1 Å². The van der Waals surface area contributed by atoms with Gasteiger partial charge in [0, 0.05) is 33.4 Å². The van der Waals surface area contributed by atoms with Crippen LogP contribution in [0.15, 0.2) is 101 Å². The van der Waals surface area contributed by atoms with E-state index in [0.717, 1.165) is 21.8 Å². The number of rotatable bonds is 8. The zero-order valence-electron chi connectivity index (χ0n) is 18.2. The van der Waals surface area contributed by atoms with Gasteiger partial charge >= 0.3 is 0 Å². The second kappa shape index (κ2) is 9.27. The van der Waals surface area contributed by atoms with Gasteiger partial charge in [-0.05, 0) is 48.5 Å². The third-order valence-corrected chi connectivity index (χ3v) is 7.93. The molecule has 0 radical (unpaired) electrons. The zero-order chi connectivity index (χ0) is 23.7. The van der Waals surface area contributed by atoms with Crippen LogP contribution in [0.2, 0.25) is 5.02 Å². The van der Waals surface area contributed by atoms with Crippen LogP contribution in [-0.2, 0) is 23.1 Å². The van der Waals surface area contributed by atoms with Gasteiger partial charge in [-0.1, -0.05) is 48.0 Å². The molecule has 2 aromatic heterocycles. The molecule has 0 amide bonds. The van der Waals surface area contributed by atoms with E-state index < -0.39 is 16.1 Å². The predicted molar refractivity (Wildman–Crippen MR) is 133 cm³/mol. The van der Waals surface area contributed by atoms with Gasteiger partial charge in [-0.15, -0.1) is 0 Å². The van der Waals surface area contributed by atoms with E-state index in [1.54, 1.807) is 12.1 Å². The Balaban J connectivity index is 1.47. The molecule has 0 aliphatic heterocycles. The largest absolute Gasteiger partial charge is 0.468 e. The molecule has 0 aliphatic rings. The molecular formula is C26H23ClN2O4S. The molecule has 2 heterocycles. The fourth-order valence-electron chi connectivity index (χ4n) is 4.28. The smallest absolute Gasteiger partial charge is 0.243 e. The fourth-order valence-corrected chi connectivity index (χ4v) is 5.85. The molecule has 5 aromatic rings. The van der Waals surface area contributed by atoms with Crippen LogP contribution in [0.3, 0.4) is 0 Å². The van der Waals surface area contributed by atoms with Crippen LogP contribution in [0.25, 0.3) is 21.8 Å². The van der Waals surface area contributed by atoms with Crippen molar-refractivity contribution in [3.8, 4) is 0 Å². The van der Waals surface area contributed by atoms with Crippen LogP contribution in [-0.4, -0.2) is 35.0 Å². The van der Waals surface area contributed by atoms with E-state index >= 15 is 0 Å². The van der Waals surface area contributed by atoms with Gasteiger partial charge in [0.2, 0.25) is 10.0 Å². The third kappa shape index (κ3) is 4.35. The van der Waals surface area contributed by atoms with Crippen LogP contribution in [0.4, 0.5) is 0 Å². The maximum Gasteiger partial charge on any atom is 0.243 e. The third-order valence-electron chi connectivity index (χ3n) is 5.85. The van der Waals surface area contributed by atoms with Crippen molar-refractivity contribution in [3.05, 3.63) is 102 Å². The molecule has 34 heavy (non-hydrogen) atoms. The number of nitrogens with zero attached hydrogens (tertiary/aromatic N) is 2. The second-order valence-corrected chi connectivity index (χ2v) is 10.5. The lowest BCUT2D eigenvalue weighted by atomic mass is 10.2. The average molecular weight is 495 g/mol. The number of hydrogen-bond acceptors (Lipinski definition) is 4. The Hall–Kier alpha value is -3.10. The number of aliphatic hydroxyl groups excluding tert-OH is 1. The van der Waals surface area contributed by atoms with Crippen molar-refractivity contribution in [1.82, 2.24) is 8.87 Å². The average Bonchev–Trinajstić information content (AvgIpc) is 3.46. The van der Waals surface area contributed by atoms with Crippen molar-refractivity contribution >= 4 is 43.4 Å². The van der Waals surface area contributed by atoms with Crippen molar-refractivity contribution in [2.75, 3.05) is 6.54 Å². The first-order chi connectivity index (χ1) is 16.4. The van der Waals surface area contributed by atoms with Gasteiger partial charge in [-0.25, -0.2) is 8.42 Å². The minimum Gasteiger partial charge on any atom is -0.468 e. The van der Waals surface area contributed by atoms with E-state index in [1.165, 1.54) is 34.8 Å². The fraction of sp³-hybridized carbons (Fsp3) is 0.154. The standard InChI is InChI=1S/C26H23ClN2O4S/c27-19-11-13-22(14-12-19)34(31,32)28(18-21-6-5-15-33-21)16-20(30)17-29-25-9-3-1-7-23(25)24-8-2-4-10-26(24)29/h1-15,20,30H,16-18H2/t20-/m0/s1. The van der Waals surface area contributed by atoms with Crippen molar-refractivity contribution < 1.29 is 17.9 Å². The molecule has 0 unspecified atom stereocenters. The molecule has 0 fully saturated rings. The monoisotopic (exact) mass is 494 g/mol. The quantitative estimate of drug-likeness (QED) is 0.318. The molecule has 5 rings (SSSR count). The van der Waals surface area contributed by atoms with Gasteiger partial charge in [0.25, 0.3) is 0 Å². The number of sulfonamides is 1. The number of aliphatic hydroxyl groups is 1. The Bertz CT molecular complexity index is 1470. The first kappa shape index (κ1) is 22.7. The summed E-state index contributed by atoms with van der Waals surface area (Å²) in [6.45, 7) is 0.132. The van der Waals surface area contributed by atoms with Gasteiger partial charge in [0.1, 0.15) is 5.76 Å². The van der Waals surface area contributed by atoms with E-state index in [0.29, 0.717) is 10.8 Å². The van der Waals surface area contributed by atoms with E-state index in [1.807, 2.05) is 41.0 Å². The maximum atomic E-state index is 13.5. The van der Waals surface area contributed by atoms with Gasteiger partial charge < -0.3 is 14.1 Å². The molecule has 0 bridgehead atoms. The molecule has 0 aliphatic carbocycles. The predicted octanol–water partition coefficient (Wildman–Crippen LogP) is 5.29. The molecule has 3 aromatic carbocycles. The number of benzene rings is 3. The molecular weight excluding hydrogens is 472 g/mol. The van der Waals surface area contributed by atoms with Gasteiger partial charge in [0.05, 0.1) is 30.4 Å². The maximum absolute atomic E-state index is 13.5. The van der Waals surface area contributed by atoms with Gasteiger partial charge in [-0.3, -0.25) is 0 Å².